The van der Waals surface area contributed by atoms with Gasteiger partial charge in [0.05, 0.1) is 12.1 Å². The second-order valence-electron chi connectivity index (χ2n) is 6.12. The van der Waals surface area contributed by atoms with Crippen molar-refractivity contribution in [2.24, 2.45) is 0 Å². The van der Waals surface area contributed by atoms with E-state index in [9.17, 15) is 10.2 Å². The third kappa shape index (κ3) is 4.07. The maximum Gasteiger partial charge on any atom is 0.134 e. The lowest BCUT2D eigenvalue weighted by Crippen LogP contribution is -2.34. The van der Waals surface area contributed by atoms with Crippen LogP contribution in [0.1, 0.15) is 24.3 Å². The van der Waals surface area contributed by atoms with Crippen LogP contribution >= 0.6 is 0 Å². The van der Waals surface area contributed by atoms with Crippen molar-refractivity contribution in [3.05, 3.63) is 72.2 Å². The van der Waals surface area contributed by atoms with Crippen LogP contribution in [0.5, 0.6) is 0 Å². The first kappa shape index (κ1) is 17.2. The number of hydrogen-bond acceptors (Lipinski definition) is 5. The number of aliphatic hydroxyl groups excluding tert-OH is 2. The molecule has 3 atom stereocenters. The van der Waals surface area contributed by atoms with E-state index in [1.807, 2.05) is 55.5 Å². The minimum atomic E-state index is -0.961. The summed E-state index contributed by atoms with van der Waals surface area (Å²) in [5, 5.41) is 23.6. The number of aryl methyl sites for hydroxylation is 1. The van der Waals surface area contributed by atoms with Crippen molar-refractivity contribution in [1.82, 2.24) is 4.98 Å². The normalized spacial score (nSPS) is 14.7. The van der Waals surface area contributed by atoms with E-state index in [0.29, 0.717) is 0 Å². The molecule has 0 saturated heterocycles. The van der Waals surface area contributed by atoms with Crippen molar-refractivity contribution < 1.29 is 14.6 Å². The number of rotatable bonds is 6. The van der Waals surface area contributed by atoms with Crippen molar-refractivity contribution >= 4 is 5.69 Å². The number of anilines is 1. The topological polar surface area (TPSA) is 78.5 Å². The zero-order valence-corrected chi connectivity index (χ0v) is 14.3. The molecule has 0 amide bonds. The summed E-state index contributed by atoms with van der Waals surface area (Å²) >= 11 is 0. The fourth-order valence-electron chi connectivity index (χ4n) is 2.75. The van der Waals surface area contributed by atoms with Gasteiger partial charge in [-0.2, -0.15) is 0 Å². The Hall–Kier alpha value is -2.63. The second kappa shape index (κ2) is 7.51. The Balaban J connectivity index is 1.89. The molecule has 0 aliphatic rings. The molecular weight excluding hydrogens is 316 g/mol. The quantitative estimate of drug-likeness (QED) is 0.641. The molecule has 25 heavy (non-hydrogen) atoms. The molecule has 3 aromatic rings. The van der Waals surface area contributed by atoms with Crippen LogP contribution in [0.3, 0.4) is 0 Å². The van der Waals surface area contributed by atoms with Gasteiger partial charge in [0.25, 0.3) is 0 Å². The van der Waals surface area contributed by atoms with E-state index in [-0.39, 0.29) is 0 Å². The number of hydrogen-bond donors (Lipinski definition) is 3. The zero-order chi connectivity index (χ0) is 17.8. The standard InChI is InChI=1S/C20H22N2O3/c1-13-6-7-18(25-13)16-4-3-5-17(12-16)22-19(20(24)14(2)23)15-8-10-21-11-9-15/h3-12,14,19-20,22-24H,1-2H3/t14-,19+,20+/m0/s1. The first-order valence-electron chi connectivity index (χ1n) is 8.24. The van der Waals surface area contributed by atoms with Crippen LogP contribution in [-0.2, 0) is 0 Å². The van der Waals surface area contributed by atoms with Crippen molar-refractivity contribution in [2.45, 2.75) is 32.1 Å². The number of nitrogens with one attached hydrogen (secondary N) is 1. The highest BCUT2D eigenvalue weighted by Gasteiger charge is 2.25. The highest BCUT2D eigenvalue weighted by atomic mass is 16.3. The lowest BCUT2D eigenvalue weighted by molar-refractivity contribution is 0.0190. The number of furan rings is 1. The van der Waals surface area contributed by atoms with Gasteiger partial charge in [-0.15, -0.1) is 0 Å². The first-order valence-corrected chi connectivity index (χ1v) is 8.24. The minimum Gasteiger partial charge on any atom is -0.461 e. The van der Waals surface area contributed by atoms with Crippen LogP contribution in [0.25, 0.3) is 11.3 Å². The molecular formula is C20H22N2O3. The number of aliphatic hydroxyl groups is 2. The summed E-state index contributed by atoms with van der Waals surface area (Å²) in [6.45, 7) is 3.48. The predicted octanol–water partition coefficient (Wildman–Crippen LogP) is 3.54. The van der Waals surface area contributed by atoms with E-state index in [2.05, 4.69) is 10.3 Å². The summed E-state index contributed by atoms with van der Waals surface area (Å²) < 4.78 is 5.67. The van der Waals surface area contributed by atoms with Gasteiger partial charge in [0.2, 0.25) is 0 Å². The van der Waals surface area contributed by atoms with Crippen LogP contribution in [0.4, 0.5) is 5.69 Å². The van der Waals surface area contributed by atoms with Crippen molar-refractivity contribution in [3.63, 3.8) is 0 Å². The molecule has 0 aliphatic carbocycles. The van der Waals surface area contributed by atoms with E-state index in [1.54, 1.807) is 19.3 Å². The Labute approximate surface area is 147 Å². The maximum atomic E-state index is 10.4. The molecule has 5 nitrogen and oxygen atoms in total. The van der Waals surface area contributed by atoms with Crippen LogP contribution in [0, 0.1) is 6.92 Å². The smallest absolute Gasteiger partial charge is 0.134 e. The third-order valence-corrected chi connectivity index (χ3v) is 4.11. The van der Waals surface area contributed by atoms with Gasteiger partial charge in [0, 0.05) is 23.6 Å². The number of aromatic nitrogens is 1. The molecule has 1 aromatic carbocycles. The maximum absolute atomic E-state index is 10.4. The largest absolute Gasteiger partial charge is 0.461 e. The van der Waals surface area contributed by atoms with Gasteiger partial charge in [0.15, 0.2) is 0 Å². The third-order valence-electron chi connectivity index (χ3n) is 4.11. The molecule has 0 spiro atoms. The second-order valence-corrected chi connectivity index (χ2v) is 6.12. The van der Waals surface area contributed by atoms with Crippen LogP contribution in [0.15, 0.2) is 65.3 Å². The highest BCUT2D eigenvalue weighted by molar-refractivity contribution is 5.64. The molecule has 0 aliphatic heterocycles. The van der Waals surface area contributed by atoms with Crippen molar-refractivity contribution in [2.75, 3.05) is 5.32 Å². The minimum absolute atomic E-state index is 0.461. The monoisotopic (exact) mass is 338 g/mol. The van der Waals surface area contributed by atoms with Crippen LogP contribution in [0.2, 0.25) is 0 Å². The summed E-state index contributed by atoms with van der Waals surface area (Å²) in [5.74, 6) is 1.64. The number of benzene rings is 1. The van der Waals surface area contributed by atoms with Gasteiger partial charge in [-0.1, -0.05) is 12.1 Å². The average molecular weight is 338 g/mol. The van der Waals surface area contributed by atoms with Gasteiger partial charge in [0.1, 0.15) is 17.6 Å². The number of pyridine rings is 1. The molecule has 0 fully saturated rings. The summed E-state index contributed by atoms with van der Waals surface area (Å²) in [4.78, 5) is 4.01. The lowest BCUT2D eigenvalue weighted by atomic mass is 9.98. The number of nitrogens with zero attached hydrogens (tertiary/aromatic N) is 1. The van der Waals surface area contributed by atoms with E-state index in [0.717, 1.165) is 28.3 Å². The Morgan fingerprint density at radius 1 is 1.04 bits per heavy atom. The molecule has 0 radical (unpaired) electrons. The van der Waals surface area contributed by atoms with Crippen LogP contribution in [-0.4, -0.2) is 27.4 Å². The van der Waals surface area contributed by atoms with E-state index in [4.69, 9.17) is 4.42 Å². The Bertz CT molecular complexity index is 815. The highest BCUT2D eigenvalue weighted by Crippen LogP contribution is 2.28. The predicted molar refractivity (Wildman–Crippen MR) is 97.2 cm³/mol. The van der Waals surface area contributed by atoms with Crippen molar-refractivity contribution in [1.29, 1.82) is 0 Å². The summed E-state index contributed by atoms with van der Waals surface area (Å²) in [6.07, 6.45) is 1.50. The van der Waals surface area contributed by atoms with Gasteiger partial charge in [-0.3, -0.25) is 4.98 Å². The summed E-state index contributed by atoms with van der Waals surface area (Å²) in [6, 6.07) is 14.8. The van der Waals surface area contributed by atoms with E-state index in [1.165, 1.54) is 0 Å². The molecule has 3 rings (SSSR count). The van der Waals surface area contributed by atoms with Gasteiger partial charge < -0.3 is 19.9 Å². The molecule has 0 saturated carbocycles. The van der Waals surface area contributed by atoms with E-state index >= 15 is 0 Å². The Morgan fingerprint density at radius 3 is 2.44 bits per heavy atom. The Morgan fingerprint density at radius 2 is 1.80 bits per heavy atom. The molecule has 130 valence electrons. The molecule has 3 N–H and O–H groups in total. The molecule has 2 heterocycles. The SMILES string of the molecule is Cc1ccc(-c2cccc(N[C@H](c3ccncc3)[C@H](O)[C@H](C)O)c2)o1. The first-order chi connectivity index (χ1) is 12.0. The Kier molecular flexibility index (Phi) is 5.16. The van der Waals surface area contributed by atoms with Gasteiger partial charge in [-0.05, 0) is 55.8 Å². The van der Waals surface area contributed by atoms with Gasteiger partial charge in [-0.25, -0.2) is 0 Å². The summed E-state index contributed by atoms with van der Waals surface area (Å²) in [5.41, 5.74) is 2.62. The summed E-state index contributed by atoms with van der Waals surface area (Å²) in [7, 11) is 0. The van der Waals surface area contributed by atoms with Crippen molar-refractivity contribution in [3.8, 4) is 11.3 Å². The van der Waals surface area contributed by atoms with Gasteiger partial charge >= 0.3 is 0 Å². The molecule has 0 unspecified atom stereocenters. The lowest BCUT2D eigenvalue weighted by Gasteiger charge is -2.27. The molecule has 2 aromatic heterocycles. The van der Waals surface area contributed by atoms with E-state index < -0.39 is 18.2 Å². The fourth-order valence-corrected chi connectivity index (χ4v) is 2.75. The fraction of sp³-hybridized carbons (Fsp3) is 0.250. The zero-order valence-electron chi connectivity index (χ0n) is 14.3. The van der Waals surface area contributed by atoms with Crippen LogP contribution < -0.4 is 5.32 Å². The molecule has 0 bridgehead atoms. The average Bonchev–Trinajstić information content (AvgIpc) is 3.06. The molecule has 5 heteroatoms.